The summed E-state index contributed by atoms with van der Waals surface area (Å²) in [7, 11) is 0. The highest BCUT2D eigenvalue weighted by atomic mass is 35.5. The minimum Gasteiger partial charge on any atom is -0.389 e. The summed E-state index contributed by atoms with van der Waals surface area (Å²) in [6, 6.07) is 6.03. The number of carbonyl (C=O) groups excluding carboxylic acids is 1. The zero-order chi connectivity index (χ0) is 23.0. The molecule has 1 aromatic heterocycles. The van der Waals surface area contributed by atoms with Gasteiger partial charge in [0.1, 0.15) is 11.9 Å². The molecular formula is C25H32ClN3O4. The maximum atomic E-state index is 12.5. The fourth-order valence-electron chi connectivity index (χ4n) is 5.38. The van der Waals surface area contributed by atoms with Crippen molar-refractivity contribution < 1.29 is 19.4 Å². The summed E-state index contributed by atoms with van der Waals surface area (Å²) in [6.07, 6.45) is 5.63. The molecule has 4 heterocycles. The van der Waals surface area contributed by atoms with E-state index in [2.05, 4.69) is 28.2 Å². The van der Waals surface area contributed by atoms with E-state index in [0.717, 1.165) is 66.6 Å². The van der Waals surface area contributed by atoms with E-state index >= 15 is 0 Å². The van der Waals surface area contributed by atoms with Crippen LogP contribution in [0.2, 0.25) is 5.02 Å². The van der Waals surface area contributed by atoms with Gasteiger partial charge in [0.15, 0.2) is 0 Å². The van der Waals surface area contributed by atoms with E-state index in [1.807, 2.05) is 12.1 Å². The van der Waals surface area contributed by atoms with Crippen LogP contribution in [-0.4, -0.2) is 71.6 Å². The number of halogens is 1. The number of rotatable bonds is 4. The number of aliphatic hydroxyl groups is 1. The van der Waals surface area contributed by atoms with Crippen LogP contribution in [0.25, 0.3) is 10.8 Å². The molecule has 1 amide bonds. The van der Waals surface area contributed by atoms with Gasteiger partial charge in [0.05, 0.1) is 24.9 Å². The Morgan fingerprint density at radius 1 is 1.21 bits per heavy atom. The Balaban J connectivity index is 1.30. The third kappa shape index (κ3) is 4.62. The SMILES string of the molecule is CC1(N2CCC(c3cc4cc(NC(=O)[C@@H]5CCCCO5)ncc4cc3Cl)CC2)COCC1O. The molecule has 0 aliphatic carbocycles. The van der Waals surface area contributed by atoms with Crippen molar-refractivity contribution in [3.8, 4) is 0 Å². The number of likely N-dealkylation sites (tertiary alicyclic amines) is 1. The Labute approximate surface area is 199 Å². The second-order valence-electron chi connectivity index (χ2n) is 9.78. The molecule has 8 heteroatoms. The van der Waals surface area contributed by atoms with Crippen molar-refractivity contribution in [2.45, 2.75) is 62.7 Å². The van der Waals surface area contributed by atoms with Crippen molar-refractivity contribution in [3.63, 3.8) is 0 Å². The average molecular weight is 474 g/mol. The first kappa shape index (κ1) is 23.0. The van der Waals surface area contributed by atoms with E-state index in [1.165, 1.54) is 0 Å². The number of ether oxygens (including phenoxy) is 2. The number of aromatic nitrogens is 1. The van der Waals surface area contributed by atoms with Gasteiger partial charge >= 0.3 is 0 Å². The Morgan fingerprint density at radius 2 is 2.03 bits per heavy atom. The third-order valence-electron chi connectivity index (χ3n) is 7.61. The number of hydrogen-bond acceptors (Lipinski definition) is 6. The number of benzene rings is 1. The van der Waals surface area contributed by atoms with Crippen molar-refractivity contribution >= 4 is 34.1 Å². The van der Waals surface area contributed by atoms with Crippen LogP contribution in [0.15, 0.2) is 24.4 Å². The van der Waals surface area contributed by atoms with Crippen molar-refractivity contribution in [1.82, 2.24) is 9.88 Å². The van der Waals surface area contributed by atoms with Gasteiger partial charge < -0.3 is 19.9 Å². The molecule has 3 fully saturated rings. The van der Waals surface area contributed by atoms with Crippen LogP contribution in [0, 0.1) is 0 Å². The molecule has 2 N–H and O–H groups in total. The lowest BCUT2D eigenvalue weighted by atomic mass is 9.85. The Kier molecular flexibility index (Phi) is 6.60. The van der Waals surface area contributed by atoms with E-state index in [4.69, 9.17) is 21.1 Å². The van der Waals surface area contributed by atoms with Crippen LogP contribution < -0.4 is 5.32 Å². The topological polar surface area (TPSA) is 83.9 Å². The maximum Gasteiger partial charge on any atom is 0.254 e. The normalized spacial score (nSPS) is 29.4. The van der Waals surface area contributed by atoms with Gasteiger partial charge in [0, 0.05) is 23.2 Å². The minimum absolute atomic E-state index is 0.130. The van der Waals surface area contributed by atoms with Crippen molar-refractivity contribution in [2.75, 3.05) is 38.2 Å². The molecule has 3 aliphatic rings. The number of pyridine rings is 1. The Morgan fingerprint density at radius 3 is 2.73 bits per heavy atom. The second kappa shape index (κ2) is 9.47. The summed E-state index contributed by atoms with van der Waals surface area (Å²) >= 11 is 6.69. The number of nitrogens with zero attached hydrogens (tertiary/aromatic N) is 2. The first-order chi connectivity index (χ1) is 15.9. The molecule has 0 saturated carbocycles. The standard InChI is InChI=1S/C25H32ClN3O4/c1-25(15-32-14-22(25)30)29-7-5-16(6-8-29)19-10-17-12-23(27-13-18(17)11-20(19)26)28-24(31)21-4-2-3-9-33-21/h10-13,16,21-22,30H,2-9,14-15H2,1H3,(H,27,28,31)/t21-,22?,25?/m0/s1. The first-order valence-electron chi connectivity index (χ1n) is 12.0. The van der Waals surface area contributed by atoms with Crippen LogP contribution in [-0.2, 0) is 14.3 Å². The highest BCUT2D eigenvalue weighted by molar-refractivity contribution is 6.32. The van der Waals surface area contributed by atoms with Gasteiger partial charge in [0.2, 0.25) is 0 Å². The predicted octanol–water partition coefficient (Wildman–Crippen LogP) is 3.73. The van der Waals surface area contributed by atoms with Crippen molar-refractivity contribution in [3.05, 3.63) is 35.0 Å². The maximum absolute atomic E-state index is 12.5. The van der Waals surface area contributed by atoms with Crippen molar-refractivity contribution in [1.29, 1.82) is 0 Å². The van der Waals surface area contributed by atoms with Gasteiger partial charge in [0.25, 0.3) is 5.91 Å². The monoisotopic (exact) mass is 473 g/mol. The van der Waals surface area contributed by atoms with Gasteiger partial charge in [-0.15, -0.1) is 0 Å². The highest BCUT2D eigenvalue weighted by Crippen LogP contribution is 2.38. The Bertz CT molecular complexity index is 1020. The summed E-state index contributed by atoms with van der Waals surface area (Å²) in [4.78, 5) is 19.3. The molecule has 33 heavy (non-hydrogen) atoms. The number of hydrogen-bond donors (Lipinski definition) is 2. The smallest absolute Gasteiger partial charge is 0.254 e. The second-order valence-corrected chi connectivity index (χ2v) is 10.2. The molecule has 3 saturated heterocycles. The third-order valence-corrected chi connectivity index (χ3v) is 7.93. The van der Waals surface area contributed by atoms with Gasteiger partial charge in [-0.2, -0.15) is 0 Å². The molecule has 0 bridgehead atoms. The molecule has 0 spiro atoms. The van der Waals surface area contributed by atoms with Crippen LogP contribution in [0.5, 0.6) is 0 Å². The summed E-state index contributed by atoms with van der Waals surface area (Å²) in [5.41, 5.74) is 0.829. The quantitative estimate of drug-likeness (QED) is 0.704. The number of carbonyl (C=O) groups is 1. The zero-order valence-electron chi connectivity index (χ0n) is 19.1. The van der Waals surface area contributed by atoms with Gasteiger partial charge in [-0.25, -0.2) is 4.98 Å². The number of piperidine rings is 1. The summed E-state index contributed by atoms with van der Waals surface area (Å²) in [5, 5.41) is 16.0. The van der Waals surface area contributed by atoms with E-state index in [0.29, 0.717) is 31.6 Å². The molecule has 2 aromatic rings. The average Bonchev–Trinajstić information content (AvgIpc) is 3.18. The highest BCUT2D eigenvalue weighted by Gasteiger charge is 2.45. The van der Waals surface area contributed by atoms with Gasteiger partial charge in [-0.1, -0.05) is 11.6 Å². The number of anilines is 1. The van der Waals surface area contributed by atoms with Crippen LogP contribution >= 0.6 is 11.6 Å². The van der Waals surface area contributed by atoms with Crippen molar-refractivity contribution in [2.24, 2.45) is 0 Å². The lowest BCUT2D eigenvalue weighted by molar-refractivity contribution is -0.130. The summed E-state index contributed by atoms with van der Waals surface area (Å²) in [6.45, 7) is 5.50. The summed E-state index contributed by atoms with van der Waals surface area (Å²) < 4.78 is 11.1. The zero-order valence-corrected chi connectivity index (χ0v) is 19.8. The molecule has 1 aromatic carbocycles. The van der Waals surface area contributed by atoms with Crippen LogP contribution in [0.1, 0.15) is 50.5 Å². The molecule has 3 aliphatic heterocycles. The first-order valence-corrected chi connectivity index (χ1v) is 12.3. The molecule has 7 nitrogen and oxygen atoms in total. The number of aliphatic hydroxyl groups excluding tert-OH is 1. The molecule has 0 radical (unpaired) electrons. The minimum atomic E-state index is -0.446. The Hall–Kier alpha value is -1.77. The largest absolute Gasteiger partial charge is 0.389 e. The molecule has 178 valence electrons. The molecule has 2 unspecified atom stereocenters. The number of fused-ring (bicyclic) bond motifs is 1. The molecule has 5 rings (SSSR count). The molecule has 3 atom stereocenters. The van der Waals surface area contributed by atoms with E-state index < -0.39 is 12.2 Å². The lowest BCUT2D eigenvalue weighted by Gasteiger charge is -2.43. The molecular weight excluding hydrogens is 442 g/mol. The lowest BCUT2D eigenvalue weighted by Crippen LogP contribution is -2.56. The fourth-order valence-corrected chi connectivity index (χ4v) is 5.70. The summed E-state index contributed by atoms with van der Waals surface area (Å²) in [5.74, 6) is 0.755. The number of nitrogens with one attached hydrogen (secondary N) is 1. The van der Waals surface area contributed by atoms with Gasteiger partial charge in [-0.05, 0) is 87.2 Å². The van der Waals surface area contributed by atoms with E-state index in [9.17, 15) is 9.90 Å². The van der Waals surface area contributed by atoms with Crippen LogP contribution in [0.4, 0.5) is 5.82 Å². The predicted molar refractivity (Wildman–Crippen MR) is 128 cm³/mol. The number of amides is 1. The fraction of sp³-hybridized carbons (Fsp3) is 0.600. The van der Waals surface area contributed by atoms with E-state index in [-0.39, 0.29) is 11.4 Å². The van der Waals surface area contributed by atoms with Crippen LogP contribution in [0.3, 0.4) is 0 Å². The van der Waals surface area contributed by atoms with E-state index in [1.54, 1.807) is 6.20 Å². The van der Waals surface area contributed by atoms with Gasteiger partial charge in [-0.3, -0.25) is 9.69 Å².